The molecule has 0 radical (unpaired) electrons. The minimum atomic E-state index is -3.93. The molecule has 9 heteroatoms. The molecule has 0 aromatic heterocycles. The fourth-order valence-electron chi connectivity index (χ4n) is 2.41. The van der Waals surface area contributed by atoms with Gasteiger partial charge >= 0.3 is 5.97 Å². The van der Waals surface area contributed by atoms with Crippen molar-refractivity contribution >= 4 is 39.2 Å². The number of esters is 1. The van der Waals surface area contributed by atoms with Crippen molar-refractivity contribution in [2.24, 2.45) is 0 Å². The van der Waals surface area contributed by atoms with Crippen LogP contribution in [-0.2, 0) is 24.3 Å². The highest BCUT2D eigenvalue weighted by atomic mass is 35.5. The van der Waals surface area contributed by atoms with Gasteiger partial charge in [-0.2, -0.15) is 4.72 Å². The number of anilines is 1. The van der Waals surface area contributed by atoms with Crippen LogP contribution < -0.4 is 9.62 Å². The van der Waals surface area contributed by atoms with Gasteiger partial charge in [0, 0.05) is 17.3 Å². The maximum atomic E-state index is 12.3. The first-order valence-corrected chi connectivity index (χ1v) is 10.4. The summed E-state index contributed by atoms with van der Waals surface area (Å²) < 4.78 is 31.8. The van der Waals surface area contributed by atoms with Crippen molar-refractivity contribution in [1.82, 2.24) is 4.72 Å². The van der Waals surface area contributed by atoms with E-state index in [1.54, 1.807) is 31.2 Å². The molecule has 0 unspecified atom stereocenters. The van der Waals surface area contributed by atoms with Crippen LogP contribution in [0, 0.1) is 0 Å². The van der Waals surface area contributed by atoms with E-state index in [2.05, 4.69) is 4.72 Å². The first kappa shape index (κ1) is 21.9. The summed E-state index contributed by atoms with van der Waals surface area (Å²) >= 11 is 5.75. The van der Waals surface area contributed by atoms with Crippen LogP contribution in [0.25, 0.3) is 0 Å². The quantitative estimate of drug-likeness (QED) is 0.657. The molecule has 150 valence electrons. The lowest BCUT2D eigenvalue weighted by molar-refractivity contribution is -0.149. The molecule has 0 bridgehead atoms. The largest absolute Gasteiger partial charge is 0.454 e. The molecule has 0 spiro atoms. The van der Waals surface area contributed by atoms with E-state index in [9.17, 15) is 18.0 Å². The highest BCUT2D eigenvalue weighted by Gasteiger charge is 2.24. The van der Waals surface area contributed by atoms with Crippen molar-refractivity contribution in [1.29, 1.82) is 0 Å². The predicted molar refractivity (Wildman–Crippen MR) is 107 cm³/mol. The molecule has 1 N–H and O–H groups in total. The lowest BCUT2D eigenvalue weighted by Crippen LogP contribution is -2.41. The Balaban J connectivity index is 1.94. The van der Waals surface area contributed by atoms with E-state index in [1.165, 1.54) is 36.1 Å². The number of benzene rings is 2. The lowest BCUT2D eigenvalue weighted by atomic mass is 10.3. The molecule has 0 aliphatic carbocycles. The molecule has 1 atom stereocenters. The number of sulfonamides is 1. The van der Waals surface area contributed by atoms with E-state index in [-0.39, 0.29) is 4.90 Å². The lowest BCUT2D eigenvalue weighted by Gasteiger charge is -2.21. The molecular formula is C19H21ClN2O5S. The molecule has 0 aliphatic rings. The van der Waals surface area contributed by atoms with Crippen molar-refractivity contribution in [2.75, 3.05) is 18.1 Å². The number of carbonyl (C=O) groups is 2. The van der Waals surface area contributed by atoms with Gasteiger partial charge in [0.05, 0.1) is 4.90 Å². The molecular weight excluding hydrogens is 404 g/mol. The van der Waals surface area contributed by atoms with Gasteiger partial charge in [-0.15, -0.1) is 0 Å². The summed E-state index contributed by atoms with van der Waals surface area (Å²) in [4.78, 5) is 25.9. The van der Waals surface area contributed by atoms with Crippen LogP contribution in [0.3, 0.4) is 0 Å². The maximum Gasteiger partial charge on any atom is 0.324 e. The topological polar surface area (TPSA) is 92.8 Å². The van der Waals surface area contributed by atoms with Gasteiger partial charge in [0.2, 0.25) is 10.0 Å². The summed E-state index contributed by atoms with van der Waals surface area (Å²) in [6.45, 7) is 3.05. The zero-order valence-electron chi connectivity index (χ0n) is 15.5. The number of nitrogens with one attached hydrogen (secondary N) is 1. The van der Waals surface area contributed by atoms with Gasteiger partial charge in [0.15, 0.2) is 6.61 Å². The Morgan fingerprint density at radius 1 is 1.11 bits per heavy atom. The number of carbonyl (C=O) groups excluding carboxylic acids is 2. The Labute approximate surface area is 169 Å². The first-order valence-electron chi connectivity index (χ1n) is 8.54. The van der Waals surface area contributed by atoms with Gasteiger partial charge in [-0.25, -0.2) is 8.42 Å². The molecule has 28 heavy (non-hydrogen) atoms. The van der Waals surface area contributed by atoms with E-state index in [0.717, 1.165) is 0 Å². The van der Waals surface area contributed by atoms with Gasteiger partial charge in [-0.05, 0) is 50.2 Å². The van der Waals surface area contributed by atoms with Gasteiger partial charge < -0.3 is 9.64 Å². The van der Waals surface area contributed by atoms with Gasteiger partial charge in [-0.3, -0.25) is 9.59 Å². The predicted octanol–water partition coefficient (Wildman–Crippen LogP) is 2.60. The monoisotopic (exact) mass is 424 g/mol. The number of ether oxygens (including phenoxy) is 1. The van der Waals surface area contributed by atoms with E-state index >= 15 is 0 Å². The zero-order chi connectivity index (χ0) is 20.7. The molecule has 0 aliphatic heterocycles. The molecule has 2 aromatic rings. The highest BCUT2D eigenvalue weighted by Crippen LogP contribution is 2.15. The molecule has 0 fully saturated rings. The Morgan fingerprint density at radius 3 is 2.29 bits per heavy atom. The second-order valence-electron chi connectivity index (χ2n) is 5.88. The van der Waals surface area contributed by atoms with Crippen molar-refractivity contribution in [3.05, 3.63) is 59.6 Å². The summed E-state index contributed by atoms with van der Waals surface area (Å²) in [5, 5.41) is 0.392. The van der Waals surface area contributed by atoms with Crippen molar-refractivity contribution < 1.29 is 22.7 Å². The van der Waals surface area contributed by atoms with Gasteiger partial charge in [0.1, 0.15) is 6.04 Å². The van der Waals surface area contributed by atoms with Crippen LogP contribution in [-0.4, -0.2) is 39.5 Å². The third-order valence-electron chi connectivity index (χ3n) is 3.83. The number of hydrogen-bond donors (Lipinski definition) is 1. The van der Waals surface area contributed by atoms with E-state index in [1.807, 2.05) is 6.07 Å². The van der Waals surface area contributed by atoms with Crippen LogP contribution in [0.4, 0.5) is 5.69 Å². The number of hydrogen-bond acceptors (Lipinski definition) is 5. The second kappa shape index (κ2) is 9.68. The van der Waals surface area contributed by atoms with Crippen LogP contribution in [0.15, 0.2) is 59.5 Å². The zero-order valence-corrected chi connectivity index (χ0v) is 17.0. The average molecular weight is 425 g/mol. The molecule has 2 rings (SSSR count). The van der Waals surface area contributed by atoms with Crippen LogP contribution >= 0.6 is 11.6 Å². The molecule has 0 saturated heterocycles. The third kappa shape index (κ3) is 5.79. The average Bonchev–Trinajstić information content (AvgIpc) is 2.67. The third-order valence-corrected chi connectivity index (χ3v) is 5.64. The molecule has 7 nitrogen and oxygen atoms in total. The van der Waals surface area contributed by atoms with Gasteiger partial charge in [-0.1, -0.05) is 29.8 Å². The van der Waals surface area contributed by atoms with Crippen molar-refractivity contribution in [3.8, 4) is 0 Å². The van der Waals surface area contributed by atoms with Crippen molar-refractivity contribution in [2.45, 2.75) is 24.8 Å². The Hall–Kier alpha value is -2.42. The minimum Gasteiger partial charge on any atom is -0.454 e. The summed E-state index contributed by atoms with van der Waals surface area (Å²) in [5.74, 6) is -1.26. The summed E-state index contributed by atoms with van der Waals surface area (Å²) in [6.07, 6.45) is 0. The Morgan fingerprint density at radius 2 is 1.71 bits per heavy atom. The molecule has 1 amide bonds. The Bertz CT molecular complexity index is 917. The fourth-order valence-corrected chi connectivity index (χ4v) is 3.73. The number of amides is 1. The number of nitrogens with zero attached hydrogens (tertiary/aromatic N) is 1. The number of para-hydroxylation sites is 1. The van der Waals surface area contributed by atoms with Crippen LogP contribution in [0.1, 0.15) is 13.8 Å². The summed E-state index contributed by atoms with van der Waals surface area (Å²) in [6, 6.07) is 13.3. The molecule has 0 saturated carbocycles. The SMILES string of the molecule is CCN(C(=O)COC(=O)[C@H](C)NS(=O)(=O)c1ccc(Cl)cc1)c1ccccc1. The highest BCUT2D eigenvalue weighted by molar-refractivity contribution is 7.89. The van der Waals surface area contributed by atoms with E-state index < -0.39 is 34.5 Å². The summed E-state index contributed by atoms with van der Waals surface area (Å²) in [7, 11) is -3.93. The molecule has 2 aromatic carbocycles. The van der Waals surface area contributed by atoms with E-state index in [4.69, 9.17) is 16.3 Å². The number of halogens is 1. The standard InChI is InChI=1S/C19H21ClN2O5S/c1-3-22(16-7-5-4-6-8-16)18(23)13-27-19(24)14(2)21-28(25,26)17-11-9-15(20)10-12-17/h4-12,14,21H,3,13H2,1-2H3/t14-/m0/s1. The first-order chi connectivity index (χ1) is 13.2. The second-order valence-corrected chi connectivity index (χ2v) is 8.03. The maximum absolute atomic E-state index is 12.3. The fraction of sp³-hybridized carbons (Fsp3) is 0.263. The minimum absolute atomic E-state index is 0.0335. The molecule has 0 heterocycles. The normalized spacial score (nSPS) is 12.2. The van der Waals surface area contributed by atoms with Gasteiger partial charge in [0.25, 0.3) is 5.91 Å². The van der Waals surface area contributed by atoms with Crippen LogP contribution in [0.2, 0.25) is 5.02 Å². The van der Waals surface area contributed by atoms with Crippen molar-refractivity contribution in [3.63, 3.8) is 0 Å². The number of likely N-dealkylation sites (N-methyl/N-ethyl adjacent to an activating group) is 1. The Kier molecular flexibility index (Phi) is 7.56. The number of rotatable bonds is 8. The van der Waals surface area contributed by atoms with E-state index in [0.29, 0.717) is 17.3 Å². The smallest absolute Gasteiger partial charge is 0.324 e. The summed E-state index contributed by atoms with van der Waals surface area (Å²) in [5.41, 5.74) is 0.683. The van der Waals surface area contributed by atoms with Crippen LogP contribution in [0.5, 0.6) is 0 Å².